The Hall–Kier alpha value is -2.15. The summed E-state index contributed by atoms with van der Waals surface area (Å²) in [6.45, 7) is 3.86. The molecule has 7 heteroatoms. The van der Waals surface area contributed by atoms with Crippen LogP contribution in [0.5, 0.6) is 0 Å². The topological polar surface area (TPSA) is 69.6 Å². The number of aromatic nitrogens is 5. The largest absolute Gasteiger partial charge is 0.338 e. The van der Waals surface area contributed by atoms with Gasteiger partial charge in [-0.25, -0.2) is 0 Å². The van der Waals surface area contributed by atoms with E-state index >= 15 is 0 Å². The molecule has 1 saturated carbocycles. The van der Waals surface area contributed by atoms with Gasteiger partial charge < -0.3 is 4.52 Å². The molecule has 1 unspecified atom stereocenters. The first-order chi connectivity index (χ1) is 11.2. The maximum Gasteiger partial charge on any atom is 0.239 e. The zero-order chi connectivity index (χ0) is 15.8. The lowest BCUT2D eigenvalue weighted by Gasteiger charge is -2.11. The normalized spacial score (nSPS) is 15.7. The van der Waals surface area contributed by atoms with Crippen LogP contribution >= 0.6 is 11.8 Å². The number of thioether (sulfide) groups is 1. The fourth-order valence-corrected chi connectivity index (χ4v) is 3.38. The molecule has 1 aliphatic rings. The second kappa shape index (κ2) is 5.81. The molecule has 1 aromatic carbocycles. The van der Waals surface area contributed by atoms with E-state index in [0.29, 0.717) is 17.6 Å². The molecule has 0 bridgehead atoms. The van der Waals surface area contributed by atoms with Gasteiger partial charge in [-0.3, -0.25) is 4.57 Å². The molecule has 2 heterocycles. The van der Waals surface area contributed by atoms with E-state index in [1.165, 1.54) is 12.8 Å². The van der Waals surface area contributed by atoms with E-state index in [0.717, 1.165) is 16.7 Å². The lowest BCUT2D eigenvalue weighted by Crippen LogP contribution is -2.02. The molecule has 0 spiro atoms. The summed E-state index contributed by atoms with van der Waals surface area (Å²) in [4.78, 5) is 4.31. The second-order valence-electron chi connectivity index (χ2n) is 5.73. The third-order valence-corrected chi connectivity index (χ3v) is 4.82. The van der Waals surface area contributed by atoms with E-state index in [1.807, 2.05) is 32.0 Å². The fourth-order valence-electron chi connectivity index (χ4n) is 2.47. The van der Waals surface area contributed by atoms with Crippen molar-refractivity contribution in [3.63, 3.8) is 0 Å². The molecular weight excluding hydrogens is 310 g/mol. The summed E-state index contributed by atoms with van der Waals surface area (Å²) < 4.78 is 7.43. The average Bonchev–Trinajstić information content (AvgIpc) is 3.18. The highest BCUT2D eigenvalue weighted by Gasteiger charge is 2.31. The van der Waals surface area contributed by atoms with Gasteiger partial charge in [0.15, 0.2) is 11.0 Å². The third kappa shape index (κ3) is 2.88. The van der Waals surface area contributed by atoms with E-state index in [9.17, 15) is 0 Å². The Morgan fingerprint density at radius 3 is 2.65 bits per heavy atom. The molecule has 0 radical (unpaired) electrons. The zero-order valence-corrected chi connectivity index (χ0v) is 13.8. The average molecular weight is 327 g/mol. The first-order valence-corrected chi connectivity index (χ1v) is 8.58. The minimum Gasteiger partial charge on any atom is -0.338 e. The fraction of sp³-hybridized carbons (Fsp3) is 0.375. The summed E-state index contributed by atoms with van der Waals surface area (Å²) in [5.41, 5.74) is 1.09. The van der Waals surface area contributed by atoms with Crippen molar-refractivity contribution in [2.45, 2.75) is 43.0 Å². The van der Waals surface area contributed by atoms with Crippen LogP contribution in [-0.2, 0) is 0 Å². The molecule has 0 saturated heterocycles. The lowest BCUT2D eigenvalue weighted by atomic mass is 10.3. The van der Waals surface area contributed by atoms with Gasteiger partial charge in [-0.05, 0) is 38.8 Å². The first-order valence-electron chi connectivity index (χ1n) is 7.70. The number of nitrogens with zero attached hydrogens (tertiary/aromatic N) is 5. The van der Waals surface area contributed by atoms with Crippen LogP contribution in [0.15, 0.2) is 40.0 Å². The Morgan fingerprint density at radius 1 is 1.22 bits per heavy atom. The summed E-state index contributed by atoms with van der Waals surface area (Å²) in [5.74, 6) is 2.84. The van der Waals surface area contributed by atoms with Gasteiger partial charge in [0.2, 0.25) is 5.89 Å². The Labute approximate surface area is 138 Å². The Kier molecular flexibility index (Phi) is 3.65. The van der Waals surface area contributed by atoms with Crippen molar-refractivity contribution in [1.29, 1.82) is 0 Å². The Bertz CT molecular complexity index is 809. The quantitative estimate of drug-likeness (QED) is 0.666. The minimum atomic E-state index is 0.0231. The SMILES string of the molecule is Cc1noc(C(C)Sc2nnc(C3CC3)n2-c2ccccc2)n1. The van der Waals surface area contributed by atoms with Crippen LogP contribution in [0.4, 0.5) is 0 Å². The summed E-state index contributed by atoms with van der Waals surface area (Å²) in [7, 11) is 0. The maximum atomic E-state index is 5.27. The van der Waals surface area contributed by atoms with Gasteiger partial charge in [-0.15, -0.1) is 10.2 Å². The molecule has 0 aliphatic heterocycles. The Morgan fingerprint density at radius 2 is 2.00 bits per heavy atom. The second-order valence-corrected chi connectivity index (χ2v) is 7.03. The molecule has 23 heavy (non-hydrogen) atoms. The summed E-state index contributed by atoms with van der Waals surface area (Å²) in [6, 6.07) is 10.2. The van der Waals surface area contributed by atoms with E-state index in [2.05, 4.69) is 37.0 Å². The van der Waals surface area contributed by atoms with Gasteiger partial charge in [-0.2, -0.15) is 4.98 Å². The molecule has 118 valence electrons. The molecule has 1 atom stereocenters. The highest BCUT2D eigenvalue weighted by molar-refractivity contribution is 7.99. The molecule has 3 aromatic rings. The van der Waals surface area contributed by atoms with Crippen LogP contribution in [-0.4, -0.2) is 24.9 Å². The molecule has 4 rings (SSSR count). The molecular formula is C16H17N5OS. The zero-order valence-electron chi connectivity index (χ0n) is 13.0. The number of benzene rings is 1. The molecule has 1 aliphatic carbocycles. The number of para-hydroxylation sites is 1. The lowest BCUT2D eigenvalue weighted by molar-refractivity contribution is 0.376. The van der Waals surface area contributed by atoms with Gasteiger partial charge in [0, 0.05) is 11.6 Å². The van der Waals surface area contributed by atoms with Gasteiger partial charge in [0.05, 0.1) is 5.25 Å². The standard InChI is InChI=1S/C16H17N5OS/c1-10(15-17-11(2)20-22-15)23-16-19-18-14(12-8-9-12)21(16)13-6-4-3-5-7-13/h3-7,10,12H,8-9H2,1-2H3. The van der Waals surface area contributed by atoms with Crippen molar-refractivity contribution >= 4 is 11.8 Å². The highest BCUT2D eigenvalue weighted by atomic mass is 32.2. The molecule has 2 aromatic heterocycles. The number of aryl methyl sites for hydroxylation is 1. The summed E-state index contributed by atoms with van der Waals surface area (Å²) in [6.07, 6.45) is 2.38. The van der Waals surface area contributed by atoms with E-state index in [4.69, 9.17) is 4.52 Å². The summed E-state index contributed by atoms with van der Waals surface area (Å²) in [5, 5.41) is 13.6. The third-order valence-electron chi connectivity index (χ3n) is 3.79. The number of hydrogen-bond donors (Lipinski definition) is 0. The van der Waals surface area contributed by atoms with E-state index in [-0.39, 0.29) is 5.25 Å². The Balaban J connectivity index is 1.68. The monoisotopic (exact) mass is 327 g/mol. The van der Waals surface area contributed by atoms with Gasteiger partial charge in [0.1, 0.15) is 5.82 Å². The van der Waals surface area contributed by atoms with Crippen molar-refractivity contribution in [2.75, 3.05) is 0 Å². The van der Waals surface area contributed by atoms with Crippen molar-refractivity contribution < 1.29 is 4.52 Å². The van der Waals surface area contributed by atoms with Crippen LogP contribution in [0, 0.1) is 6.92 Å². The van der Waals surface area contributed by atoms with Crippen molar-refractivity contribution in [3.05, 3.63) is 47.9 Å². The van der Waals surface area contributed by atoms with Gasteiger partial charge in [-0.1, -0.05) is 35.1 Å². The van der Waals surface area contributed by atoms with E-state index < -0.39 is 0 Å². The van der Waals surface area contributed by atoms with Crippen LogP contribution in [0.3, 0.4) is 0 Å². The summed E-state index contributed by atoms with van der Waals surface area (Å²) >= 11 is 1.59. The molecule has 1 fully saturated rings. The molecule has 0 amide bonds. The minimum absolute atomic E-state index is 0.0231. The number of rotatable bonds is 5. The number of hydrogen-bond acceptors (Lipinski definition) is 6. The van der Waals surface area contributed by atoms with Crippen molar-refractivity contribution in [1.82, 2.24) is 24.9 Å². The maximum absolute atomic E-state index is 5.27. The van der Waals surface area contributed by atoms with Gasteiger partial charge >= 0.3 is 0 Å². The van der Waals surface area contributed by atoms with Crippen molar-refractivity contribution in [3.8, 4) is 5.69 Å². The van der Waals surface area contributed by atoms with Crippen LogP contribution < -0.4 is 0 Å². The van der Waals surface area contributed by atoms with Crippen LogP contribution in [0.1, 0.15) is 48.5 Å². The van der Waals surface area contributed by atoms with Crippen LogP contribution in [0.25, 0.3) is 5.69 Å². The van der Waals surface area contributed by atoms with Crippen molar-refractivity contribution in [2.24, 2.45) is 0 Å². The highest BCUT2D eigenvalue weighted by Crippen LogP contribution is 2.42. The van der Waals surface area contributed by atoms with E-state index in [1.54, 1.807) is 11.8 Å². The predicted molar refractivity (Wildman–Crippen MR) is 86.6 cm³/mol. The van der Waals surface area contributed by atoms with Gasteiger partial charge in [0.25, 0.3) is 0 Å². The predicted octanol–water partition coefficient (Wildman–Crippen LogP) is 3.69. The van der Waals surface area contributed by atoms with Crippen LogP contribution in [0.2, 0.25) is 0 Å². The molecule has 0 N–H and O–H groups in total. The molecule has 6 nitrogen and oxygen atoms in total. The smallest absolute Gasteiger partial charge is 0.239 e. The first kappa shape index (κ1) is 14.4.